The van der Waals surface area contributed by atoms with E-state index < -0.39 is 0 Å². The van der Waals surface area contributed by atoms with Crippen LogP contribution in [-0.4, -0.2) is 33.3 Å². The van der Waals surface area contributed by atoms with Crippen LogP contribution in [0.1, 0.15) is 22.8 Å². The van der Waals surface area contributed by atoms with Crippen molar-refractivity contribution in [2.75, 3.05) is 12.3 Å². The fourth-order valence-corrected chi connectivity index (χ4v) is 2.59. The number of hydrogen-bond acceptors (Lipinski definition) is 5. The number of rotatable bonds is 7. The lowest BCUT2D eigenvalue weighted by Crippen LogP contribution is -2.32. The molecule has 0 unspecified atom stereocenters. The molecule has 0 aliphatic carbocycles. The molecule has 1 atom stereocenters. The molecule has 0 spiro atoms. The third-order valence-electron chi connectivity index (χ3n) is 4.13. The van der Waals surface area contributed by atoms with Crippen LogP contribution in [0, 0.1) is 0 Å². The molecule has 0 radical (unpaired) electrons. The predicted molar refractivity (Wildman–Crippen MR) is 104 cm³/mol. The van der Waals surface area contributed by atoms with Gasteiger partial charge in [-0.05, 0) is 18.6 Å². The molecule has 1 amide bonds. The fourth-order valence-electron chi connectivity index (χ4n) is 2.59. The molecule has 1 aromatic carbocycles. The molecule has 0 bridgehead atoms. The summed E-state index contributed by atoms with van der Waals surface area (Å²) in [7, 11) is 1.83. The first kappa shape index (κ1) is 18.6. The highest BCUT2D eigenvalue weighted by Gasteiger charge is 2.14. The molecular weight excluding hydrogens is 342 g/mol. The minimum absolute atomic E-state index is 0.134. The highest BCUT2D eigenvalue weighted by atomic mass is 16.5. The molecule has 0 saturated carbocycles. The van der Waals surface area contributed by atoms with Crippen molar-refractivity contribution in [3.05, 3.63) is 66.1 Å². The Labute approximate surface area is 158 Å². The Hall–Kier alpha value is -3.19. The number of nitrogens with zero attached hydrogens (tertiary/aromatic N) is 3. The molecular formula is C20H23N5O2. The van der Waals surface area contributed by atoms with Gasteiger partial charge in [0.1, 0.15) is 5.82 Å². The molecule has 7 heteroatoms. The second-order valence-electron chi connectivity index (χ2n) is 6.38. The van der Waals surface area contributed by atoms with E-state index in [0.29, 0.717) is 18.7 Å². The van der Waals surface area contributed by atoms with Crippen LogP contribution in [0.3, 0.4) is 0 Å². The van der Waals surface area contributed by atoms with E-state index in [9.17, 15) is 4.79 Å². The second-order valence-corrected chi connectivity index (χ2v) is 6.38. The summed E-state index contributed by atoms with van der Waals surface area (Å²) in [6, 6.07) is 11.6. The minimum atomic E-state index is -0.277. The standard InChI is InChI=1S/C20H23N5O2/c1-14(27-13-15-6-4-3-5-7-15)9-23-20(26)18-8-16(10-22-19(18)21)17-11-24-25(2)12-17/h3-8,10-12,14H,9,13H2,1-2H3,(H2,21,22)(H,23,26)/t14-/m0/s1. The average Bonchev–Trinajstić information content (AvgIpc) is 3.12. The Morgan fingerprint density at radius 3 is 2.74 bits per heavy atom. The Balaban J connectivity index is 1.59. The molecule has 7 nitrogen and oxygen atoms in total. The number of carbonyl (C=O) groups is 1. The van der Waals surface area contributed by atoms with E-state index in [0.717, 1.165) is 16.7 Å². The zero-order valence-electron chi connectivity index (χ0n) is 15.4. The minimum Gasteiger partial charge on any atom is -0.383 e. The topological polar surface area (TPSA) is 95.1 Å². The number of nitrogen functional groups attached to an aromatic ring is 1. The number of anilines is 1. The summed E-state index contributed by atoms with van der Waals surface area (Å²) in [5.74, 6) is -0.0844. The van der Waals surface area contributed by atoms with E-state index in [1.165, 1.54) is 0 Å². The van der Waals surface area contributed by atoms with Crippen LogP contribution >= 0.6 is 0 Å². The van der Waals surface area contributed by atoms with Gasteiger partial charge in [-0.25, -0.2) is 4.98 Å². The molecule has 3 N–H and O–H groups in total. The number of ether oxygens (including phenoxy) is 1. The van der Waals surface area contributed by atoms with Gasteiger partial charge in [0.2, 0.25) is 0 Å². The van der Waals surface area contributed by atoms with Gasteiger partial charge in [0.15, 0.2) is 0 Å². The molecule has 3 rings (SSSR count). The summed E-state index contributed by atoms with van der Waals surface area (Å²) in [5.41, 5.74) is 8.98. The smallest absolute Gasteiger partial charge is 0.255 e. The number of nitrogens with two attached hydrogens (primary N) is 1. The third kappa shape index (κ3) is 4.92. The number of amides is 1. The second kappa shape index (κ2) is 8.46. The van der Waals surface area contributed by atoms with Gasteiger partial charge < -0.3 is 15.8 Å². The molecule has 2 aromatic heterocycles. The molecule has 0 saturated heterocycles. The number of aromatic nitrogens is 3. The highest BCUT2D eigenvalue weighted by Crippen LogP contribution is 2.21. The first-order valence-electron chi connectivity index (χ1n) is 8.71. The maximum Gasteiger partial charge on any atom is 0.255 e. The Kier molecular flexibility index (Phi) is 5.83. The van der Waals surface area contributed by atoms with Gasteiger partial charge in [-0.2, -0.15) is 5.10 Å². The van der Waals surface area contributed by atoms with E-state index in [1.54, 1.807) is 23.1 Å². The van der Waals surface area contributed by atoms with Crippen molar-refractivity contribution in [2.24, 2.45) is 7.05 Å². The SMILES string of the molecule is C[C@@H](CNC(=O)c1cc(-c2cnn(C)c2)cnc1N)OCc1ccccc1. The number of nitrogens with one attached hydrogen (secondary N) is 1. The number of pyridine rings is 1. The molecule has 140 valence electrons. The van der Waals surface area contributed by atoms with Gasteiger partial charge in [-0.15, -0.1) is 0 Å². The number of aryl methyl sites for hydroxylation is 1. The van der Waals surface area contributed by atoms with Gasteiger partial charge in [-0.3, -0.25) is 9.48 Å². The highest BCUT2D eigenvalue weighted by molar-refractivity contribution is 5.99. The normalized spacial score (nSPS) is 11.9. The van der Waals surface area contributed by atoms with Crippen LogP contribution in [-0.2, 0) is 18.4 Å². The maximum atomic E-state index is 12.5. The van der Waals surface area contributed by atoms with Crippen LogP contribution in [0.5, 0.6) is 0 Å². The summed E-state index contributed by atoms with van der Waals surface area (Å²) in [4.78, 5) is 16.7. The van der Waals surface area contributed by atoms with Gasteiger partial charge in [-0.1, -0.05) is 30.3 Å². The first-order chi connectivity index (χ1) is 13.0. The van der Waals surface area contributed by atoms with Crippen molar-refractivity contribution in [1.82, 2.24) is 20.1 Å². The molecule has 0 aliphatic heterocycles. The van der Waals surface area contributed by atoms with Crippen LogP contribution in [0.4, 0.5) is 5.82 Å². The van der Waals surface area contributed by atoms with E-state index in [-0.39, 0.29) is 17.8 Å². The molecule has 0 fully saturated rings. The largest absolute Gasteiger partial charge is 0.383 e. The third-order valence-corrected chi connectivity index (χ3v) is 4.13. The van der Waals surface area contributed by atoms with Crippen molar-refractivity contribution < 1.29 is 9.53 Å². The van der Waals surface area contributed by atoms with E-state index in [2.05, 4.69) is 15.4 Å². The lowest BCUT2D eigenvalue weighted by molar-refractivity contribution is 0.0509. The van der Waals surface area contributed by atoms with E-state index in [4.69, 9.17) is 10.5 Å². The van der Waals surface area contributed by atoms with E-state index >= 15 is 0 Å². The molecule has 3 aromatic rings. The monoisotopic (exact) mass is 365 g/mol. The van der Waals surface area contributed by atoms with Crippen LogP contribution in [0.2, 0.25) is 0 Å². The summed E-state index contributed by atoms with van der Waals surface area (Å²) in [6.45, 7) is 2.79. The van der Waals surface area contributed by atoms with Crippen molar-refractivity contribution in [3.63, 3.8) is 0 Å². The van der Waals surface area contributed by atoms with Crippen LogP contribution < -0.4 is 11.1 Å². The summed E-state index contributed by atoms with van der Waals surface area (Å²) in [5, 5.41) is 6.99. The summed E-state index contributed by atoms with van der Waals surface area (Å²) >= 11 is 0. The molecule has 27 heavy (non-hydrogen) atoms. The van der Waals surface area contributed by atoms with Gasteiger partial charge in [0, 0.05) is 37.1 Å². The van der Waals surface area contributed by atoms with Crippen molar-refractivity contribution >= 4 is 11.7 Å². The Morgan fingerprint density at radius 2 is 2.04 bits per heavy atom. The van der Waals surface area contributed by atoms with Crippen molar-refractivity contribution in [2.45, 2.75) is 19.6 Å². The molecule has 2 heterocycles. The van der Waals surface area contributed by atoms with Gasteiger partial charge in [0.25, 0.3) is 5.91 Å². The summed E-state index contributed by atoms with van der Waals surface area (Å²) < 4.78 is 7.46. The Morgan fingerprint density at radius 1 is 1.26 bits per heavy atom. The number of hydrogen-bond donors (Lipinski definition) is 2. The lowest BCUT2D eigenvalue weighted by Gasteiger charge is -2.15. The van der Waals surface area contributed by atoms with Crippen LogP contribution in [0.15, 0.2) is 55.0 Å². The molecule has 0 aliphatic rings. The summed E-state index contributed by atoms with van der Waals surface area (Å²) in [6.07, 6.45) is 5.07. The van der Waals surface area contributed by atoms with Crippen molar-refractivity contribution in [3.8, 4) is 11.1 Å². The zero-order valence-corrected chi connectivity index (χ0v) is 15.4. The predicted octanol–water partition coefficient (Wildman–Crippen LogP) is 2.40. The Bertz CT molecular complexity index is 908. The van der Waals surface area contributed by atoms with E-state index in [1.807, 2.05) is 50.5 Å². The number of carbonyl (C=O) groups excluding carboxylic acids is 1. The fraction of sp³-hybridized carbons (Fsp3) is 0.250. The van der Waals surface area contributed by atoms with Gasteiger partial charge >= 0.3 is 0 Å². The van der Waals surface area contributed by atoms with Gasteiger partial charge in [0.05, 0.1) is 24.5 Å². The zero-order chi connectivity index (χ0) is 19.2. The van der Waals surface area contributed by atoms with Crippen molar-refractivity contribution in [1.29, 1.82) is 0 Å². The maximum absolute atomic E-state index is 12.5. The average molecular weight is 365 g/mol. The lowest BCUT2D eigenvalue weighted by atomic mass is 10.1. The number of benzene rings is 1. The first-order valence-corrected chi connectivity index (χ1v) is 8.71. The quantitative estimate of drug-likeness (QED) is 0.670. The van der Waals surface area contributed by atoms with Crippen LogP contribution in [0.25, 0.3) is 11.1 Å².